The number of hydrogen-bond acceptors (Lipinski definition) is 3. The summed E-state index contributed by atoms with van der Waals surface area (Å²) in [6.45, 7) is 5.87. The third kappa shape index (κ3) is 2.99. The maximum absolute atomic E-state index is 5.99. The van der Waals surface area contributed by atoms with E-state index in [2.05, 4.69) is 9.97 Å². The Hall–Kier alpha value is -1.61. The van der Waals surface area contributed by atoms with Gasteiger partial charge in [-0.25, -0.2) is 9.97 Å². The van der Waals surface area contributed by atoms with Crippen LogP contribution in [0.1, 0.15) is 19.4 Å². The van der Waals surface area contributed by atoms with Crippen molar-refractivity contribution in [3.05, 3.63) is 41.2 Å². The van der Waals surface area contributed by atoms with Crippen LogP contribution in [0.2, 0.25) is 5.15 Å². The zero-order valence-electron chi connectivity index (χ0n) is 10.6. The standard InChI is InChI=1S/C14H15ClN2O/c1-9(2)18-12-6-4-11(5-7-12)14-16-8-10(3)13(15)17-14/h4-9H,1-3H3. The fourth-order valence-corrected chi connectivity index (χ4v) is 1.64. The Labute approximate surface area is 112 Å². The molecule has 1 aromatic carbocycles. The minimum atomic E-state index is 0.168. The second-order valence-electron chi connectivity index (χ2n) is 4.36. The van der Waals surface area contributed by atoms with Crippen molar-refractivity contribution in [1.29, 1.82) is 0 Å². The van der Waals surface area contributed by atoms with Crippen LogP contribution in [0.5, 0.6) is 5.75 Å². The van der Waals surface area contributed by atoms with Gasteiger partial charge in [0.2, 0.25) is 0 Å². The molecular weight excluding hydrogens is 248 g/mol. The first kappa shape index (κ1) is 12.8. The van der Waals surface area contributed by atoms with Gasteiger partial charge >= 0.3 is 0 Å². The van der Waals surface area contributed by atoms with Crippen molar-refractivity contribution in [2.24, 2.45) is 0 Å². The molecule has 0 spiro atoms. The fourth-order valence-electron chi connectivity index (χ4n) is 1.52. The lowest BCUT2D eigenvalue weighted by atomic mass is 10.2. The van der Waals surface area contributed by atoms with E-state index in [4.69, 9.17) is 16.3 Å². The van der Waals surface area contributed by atoms with Gasteiger partial charge in [0.05, 0.1) is 6.10 Å². The molecule has 0 saturated carbocycles. The van der Waals surface area contributed by atoms with Crippen LogP contribution in [0, 0.1) is 6.92 Å². The number of halogens is 1. The van der Waals surface area contributed by atoms with Crippen LogP contribution in [0.4, 0.5) is 0 Å². The van der Waals surface area contributed by atoms with Crippen molar-refractivity contribution >= 4 is 11.6 Å². The van der Waals surface area contributed by atoms with Gasteiger partial charge in [0.25, 0.3) is 0 Å². The molecule has 0 fully saturated rings. The highest BCUT2D eigenvalue weighted by molar-refractivity contribution is 6.30. The summed E-state index contributed by atoms with van der Waals surface area (Å²) in [5.74, 6) is 1.47. The monoisotopic (exact) mass is 262 g/mol. The number of rotatable bonds is 3. The van der Waals surface area contributed by atoms with Gasteiger partial charge in [-0.3, -0.25) is 0 Å². The number of benzene rings is 1. The van der Waals surface area contributed by atoms with Crippen molar-refractivity contribution in [3.8, 4) is 17.1 Å². The van der Waals surface area contributed by atoms with Gasteiger partial charge in [-0.05, 0) is 45.0 Å². The van der Waals surface area contributed by atoms with Gasteiger partial charge in [-0.15, -0.1) is 0 Å². The van der Waals surface area contributed by atoms with Crippen molar-refractivity contribution in [2.75, 3.05) is 0 Å². The lowest BCUT2D eigenvalue weighted by Gasteiger charge is -2.09. The number of hydrogen-bond donors (Lipinski definition) is 0. The van der Waals surface area contributed by atoms with Crippen LogP contribution in [-0.2, 0) is 0 Å². The molecule has 0 saturated heterocycles. The first-order chi connectivity index (χ1) is 8.56. The summed E-state index contributed by atoms with van der Waals surface area (Å²) < 4.78 is 5.58. The molecule has 0 radical (unpaired) electrons. The van der Waals surface area contributed by atoms with Crippen LogP contribution in [-0.4, -0.2) is 16.1 Å². The summed E-state index contributed by atoms with van der Waals surface area (Å²) in [4.78, 5) is 8.51. The SMILES string of the molecule is Cc1cnc(-c2ccc(OC(C)C)cc2)nc1Cl. The molecule has 1 heterocycles. The number of nitrogens with zero attached hydrogens (tertiary/aromatic N) is 2. The van der Waals surface area contributed by atoms with Crippen LogP contribution in [0.15, 0.2) is 30.5 Å². The molecule has 0 N–H and O–H groups in total. The van der Waals surface area contributed by atoms with E-state index in [1.807, 2.05) is 45.0 Å². The smallest absolute Gasteiger partial charge is 0.160 e. The predicted octanol–water partition coefficient (Wildman–Crippen LogP) is 3.89. The lowest BCUT2D eigenvalue weighted by molar-refractivity contribution is 0.242. The Bertz CT molecular complexity index is 538. The second kappa shape index (κ2) is 5.36. The summed E-state index contributed by atoms with van der Waals surface area (Å²) in [6.07, 6.45) is 1.89. The van der Waals surface area contributed by atoms with Gasteiger partial charge in [-0.1, -0.05) is 11.6 Å². The fraction of sp³-hybridized carbons (Fsp3) is 0.286. The third-order valence-electron chi connectivity index (χ3n) is 2.39. The maximum Gasteiger partial charge on any atom is 0.160 e. The summed E-state index contributed by atoms with van der Waals surface area (Å²) in [7, 11) is 0. The van der Waals surface area contributed by atoms with E-state index in [0.717, 1.165) is 16.9 Å². The first-order valence-corrected chi connectivity index (χ1v) is 6.20. The highest BCUT2D eigenvalue weighted by atomic mass is 35.5. The lowest BCUT2D eigenvalue weighted by Crippen LogP contribution is -2.05. The van der Waals surface area contributed by atoms with E-state index in [-0.39, 0.29) is 6.10 Å². The Morgan fingerprint density at radius 2 is 1.83 bits per heavy atom. The molecule has 2 rings (SSSR count). The number of ether oxygens (including phenoxy) is 1. The molecule has 0 amide bonds. The summed E-state index contributed by atoms with van der Waals surface area (Å²) in [5, 5.41) is 0.488. The van der Waals surface area contributed by atoms with Gasteiger partial charge in [0, 0.05) is 17.3 Å². The molecule has 3 nitrogen and oxygen atoms in total. The third-order valence-corrected chi connectivity index (χ3v) is 2.78. The minimum absolute atomic E-state index is 0.168. The van der Waals surface area contributed by atoms with E-state index in [0.29, 0.717) is 11.0 Å². The van der Waals surface area contributed by atoms with E-state index >= 15 is 0 Å². The van der Waals surface area contributed by atoms with E-state index < -0.39 is 0 Å². The number of aryl methyl sites for hydroxylation is 1. The summed E-state index contributed by atoms with van der Waals surface area (Å²) in [5.41, 5.74) is 1.80. The molecule has 94 valence electrons. The average Bonchev–Trinajstić information content (AvgIpc) is 2.33. The van der Waals surface area contributed by atoms with Crippen molar-refractivity contribution in [3.63, 3.8) is 0 Å². The van der Waals surface area contributed by atoms with Crippen LogP contribution < -0.4 is 4.74 Å². The molecule has 18 heavy (non-hydrogen) atoms. The van der Waals surface area contributed by atoms with E-state index in [1.165, 1.54) is 0 Å². The van der Waals surface area contributed by atoms with Crippen LogP contribution in [0.25, 0.3) is 11.4 Å². The van der Waals surface area contributed by atoms with Gasteiger partial charge in [0.1, 0.15) is 10.9 Å². The number of aromatic nitrogens is 2. The molecule has 0 aliphatic rings. The molecule has 2 aromatic rings. The van der Waals surface area contributed by atoms with E-state index in [1.54, 1.807) is 6.20 Å². The molecule has 0 unspecified atom stereocenters. The molecule has 1 aromatic heterocycles. The Balaban J connectivity index is 2.25. The normalized spacial score (nSPS) is 10.7. The van der Waals surface area contributed by atoms with E-state index in [9.17, 15) is 0 Å². The summed E-state index contributed by atoms with van der Waals surface area (Å²) >= 11 is 5.99. The zero-order valence-corrected chi connectivity index (χ0v) is 11.4. The predicted molar refractivity (Wildman–Crippen MR) is 73.0 cm³/mol. The second-order valence-corrected chi connectivity index (χ2v) is 4.72. The molecule has 0 aliphatic heterocycles. The molecule has 0 bridgehead atoms. The topological polar surface area (TPSA) is 35.0 Å². The van der Waals surface area contributed by atoms with Gasteiger partial charge < -0.3 is 4.74 Å². The zero-order chi connectivity index (χ0) is 13.1. The van der Waals surface area contributed by atoms with Crippen molar-refractivity contribution in [2.45, 2.75) is 26.9 Å². The van der Waals surface area contributed by atoms with Crippen molar-refractivity contribution < 1.29 is 4.74 Å². The Kier molecular flexibility index (Phi) is 3.82. The van der Waals surface area contributed by atoms with Crippen LogP contribution >= 0.6 is 11.6 Å². The Morgan fingerprint density at radius 1 is 1.17 bits per heavy atom. The van der Waals surface area contributed by atoms with Crippen LogP contribution in [0.3, 0.4) is 0 Å². The Morgan fingerprint density at radius 3 is 2.39 bits per heavy atom. The summed E-state index contributed by atoms with van der Waals surface area (Å²) in [6, 6.07) is 7.68. The van der Waals surface area contributed by atoms with Crippen molar-refractivity contribution in [1.82, 2.24) is 9.97 Å². The maximum atomic E-state index is 5.99. The molecular formula is C14H15ClN2O. The van der Waals surface area contributed by atoms with Gasteiger partial charge in [0.15, 0.2) is 5.82 Å². The first-order valence-electron chi connectivity index (χ1n) is 5.82. The minimum Gasteiger partial charge on any atom is -0.491 e. The molecule has 0 atom stereocenters. The average molecular weight is 263 g/mol. The highest BCUT2D eigenvalue weighted by Crippen LogP contribution is 2.22. The molecule has 0 aliphatic carbocycles. The molecule has 4 heteroatoms. The van der Waals surface area contributed by atoms with Gasteiger partial charge in [-0.2, -0.15) is 0 Å². The largest absolute Gasteiger partial charge is 0.491 e. The highest BCUT2D eigenvalue weighted by Gasteiger charge is 2.05. The quantitative estimate of drug-likeness (QED) is 0.787.